The van der Waals surface area contributed by atoms with E-state index in [1.54, 1.807) is 29.2 Å². The van der Waals surface area contributed by atoms with Crippen molar-refractivity contribution in [3.63, 3.8) is 0 Å². The number of methoxy groups -OCH3 is 1. The van der Waals surface area contributed by atoms with E-state index in [0.29, 0.717) is 35.3 Å². The van der Waals surface area contributed by atoms with Crippen LogP contribution in [0.5, 0.6) is 11.5 Å². The first-order valence-corrected chi connectivity index (χ1v) is 11.7. The van der Waals surface area contributed by atoms with Gasteiger partial charge in [-0.05, 0) is 61.9 Å². The van der Waals surface area contributed by atoms with Gasteiger partial charge in [-0.3, -0.25) is 9.97 Å². The van der Waals surface area contributed by atoms with E-state index < -0.39 is 5.97 Å². The van der Waals surface area contributed by atoms with Gasteiger partial charge in [0.25, 0.3) is 0 Å². The van der Waals surface area contributed by atoms with Crippen molar-refractivity contribution in [1.29, 1.82) is 0 Å². The average Bonchev–Trinajstić information content (AvgIpc) is 3.24. The van der Waals surface area contributed by atoms with Crippen LogP contribution in [-0.2, 0) is 0 Å². The summed E-state index contributed by atoms with van der Waals surface area (Å²) in [5.41, 5.74) is 5.08. The number of aromatic nitrogens is 4. The zero-order valence-corrected chi connectivity index (χ0v) is 20.6. The van der Waals surface area contributed by atoms with Crippen molar-refractivity contribution in [3.8, 4) is 28.3 Å². The van der Waals surface area contributed by atoms with E-state index >= 15 is 0 Å². The lowest BCUT2D eigenvalue weighted by Gasteiger charge is -2.17. The van der Waals surface area contributed by atoms with Crippen LogP contribution in [0.3, 0.4) is 0 Å². The minimum Gasteiger partial charge on any atom is -0.497 e. The van der Waals surface area contributed by atoms with Crippen molar-refractivity contribution in [1.82, 2.24) is 19.7 Å². The molecule has 0 saturated carbocycles. The number of hydrogen-bond donors (Lipinski definition) is 2. The Kier molecular flexibility index (Phi) is 6.42. The number of nitrogens with one attached hydrogen (secondary N) is 1. The number of fused-ring (bicyclic) bond motifs is 1. The summed E-state index contributed by atoms with van der Waals surface area (Å²) in [4.78, 5) is 20.9. The van der Waals surface area contributed by atoms with Gasteiger partial charge in [-0.2, -0.15) is 5.10 Å². The first-order valence-electron chi connectivity index (χ1n) is 11.7. The molecule has 0 radical (unpaired) electrons. The molecule has 2 heterocycles. The molecule has 37 heavy (non-hydrogen) atoms. The van der Waals surface area contributed by atoms with Crippen LogP contribution in [0.4, 0.5) is 11.5 Å². The van der Waals surface area contributed by atoms with Gasteiger partial charge < -0.3 is 19.9 Å². The molecule has 3 aromatic carbocycles. The van der Waals surface area contributed by atoms with Gasteiger partial charge in [0.1, 0.15) is 23.0 Å². The maximum absolute atomic E-state index is 12.1. The molecule has 0 unspecified atom stereocenters. The molecule has 0 aliphatic rings. The molecule has 5 rings (SSSR count). The predicted octanol–water partition coefficient (Wildman–Crippen LogP) is 5.64. The van der Waals surface area contributed by atoms with Gasteiger partial charge >= 0.3 is 5.97 Å². The summed E-state index contributed by atoms with van der Waals surface area (Å²) < 4.78 is 12.9. The fraction of sp³-hybridized carbons (Fsp3) is 0.143. The molecule has 5 aromatic rings. The van der Waals surface area contributed by atoms with Gasteiger partial charge in [-0.25, -0.2) is 9.48 Å². The average molecular weight is 496 g/mol. The Bertz CT molecular complexity index is 1610. The standard InChI is InChI=1S/C28H25N5O4/c1-4-37-25-8-6-5-7-24(25)33-27(31-21-12-10-19(36-3)16-20(21)28(34)35)26(17(2)32-33)18-9-11-22-23(15-18)30-14-13-29-22/h5-16,31H,4H2,1-3H3,(H,34,35). The van der Waals surface area contributed by atoms with Gasteiger partial charge in [0.15, 0.2) is 0 Å². The highest BCUT2D eigenvalue weighted by atomic mass is 16.5. The molecule has 0 spiro atoms. The third-order valence-electron chi connectivity index (χ3n) is 5.92. The number of rotatable bonds is 8. The molecule has 0 bridgehead atoms. The molecule has 0 saturated heterocycles. The van der Waals surface area contributed by atoms with Crippen LogP contribution in [0.2, 0.25) is 0 Å². The van der Waals surface area contributed by atoms with Crippen LogP contribution < -0.4 is 14.8 Å². The first-order chi connectivity index (χ1) is 18.0. The maximum atomic E-state index is 12.1. The summed E-state index contributed by atoms with van der Waals surface area (Å²) in [6.07, 6.45) is 3.30. The molecule has 186 valence electrons. The molecule has 0 fully saturated rings. The Morgan fingerprint density at radius 3 is 2.57 bits per heavy atom. The number of aromatic carboxylic acids is 1. The Balaban J connectivity index is 1.75. The molecule has 0 atom stereocenters. The largest absolute Gasteiger partial charge is 0.497 e. The lowest BCUT2D eigenvalue weighted by atomic mass is 10.0. The third kappa shape index (κ3) is 4.54. The minimum atomic E-state index is -1.08. The molecule has 0 aliphatic carbocycles. The molecular weight excluding hydrogens is 470 g/mol. The Morgan fingerprint density at radius 1 is 1.03 bits per heavy atom. The van der Waals surface area contributed by atoms with Gasteiger partial charge in [0, 0.05) is 18.0 Å². The van der Waals surface area contributed by atoms with E-state index in [-0.39, 0.29) is 5.56 Å². The number of carboxylic acids is 1. The number of carbonyl (C=O) groups is 1. The lowest BCUT2D eigenvalue weighted by molar-refractivity contribution is 0.0697. The highest BCUT2D eigenvalue weighted by Gasteiger charge is 2.23. The van der Waals surface area contributed by atoms with E-state index in [0.717, 1.165) is 27.9 Å². The summed E-state index contributed by atoms with van der Waals surface area (Å²) in [5.74, 6) is 0.601. The monoisotopic (exact) mass is 495 g/mol. The number of carboxylic acid groups (broad SMARTS) is 1. The van der Waals surface area contributed by atoms with Crippen LogP contribution >= 0.6 is 0 Å². The number of aryl methyl sites for hydroxylation is 1. The Hall–Kier alpha value is -4.92. The summed E-state index contributed by atoms with van der Waals surface area (Å²) in [7, 11) is 1.50. The van der Waals surface area contributed by atoms with E-state index in [9.17, 15) is 9.90 Å². The Morgan fingerprint density at radius 2 is 1.81 bits per heavy atom. The second-order valence-corrected chi connectivity index (χ2v) is 8.22. The van der Waals surface area contributed by atoms with Crippen molar-refractivity contribution < 1.29 is 19.4 Å². The fourth-order valence-corrected chi connectivity index (χ4v) is 4.25. The molecule has 0 amide bonds. The van der Waals surface area contributed by atoms with Gasteiger partial charge in [-0.15, -0.1) is 0 Å². The summed E-state index contributed by atoms with van der Waals surface area (Å²) >= 11 is 0. The van der Waals surface area contributed by atoms with Crippen LogP contribution in [0.15, 0.2) is 73.1 Å². The van der Waals surface area contributed by atoms with Crippen LogP contribution in [-0.4, -0.2) is 44.5 Å². The Labute approximate surface area is 213 Å². The summed E-state index contributed by atoms with van der Waals surface area (Å²) in [6, 6.07) is 18.3. The predicted molar refractivity (Wildman–Crippen MR) is 141 cm³/mol. The van der Waals surface area contributed by atoms with Crippen LogP contribution in [0.1, 0.15) is 23.0 Å². The lowest BCUT2D eigenvalue weighted by Crippen LogP contribution is -2.09. The maximum Gasteiger partial charge on any atom is 0.337 e. The number of para-hydroxylation sites is 2. The summed E-state index contributed by atoms with van der Waals surface area (Å²) in [5, 5.41) is 18.1. The molecule has 2 aromatic heterocycles. The second-order valence-electron chi connectivity index (χ2n) is 8.22. The normalized spacial score (nSPS) is 10.9. The van der Waals surface area contributed by atoms with Crippen molar-refractivity contribution in [2.75, 3.05) is 19.0 Å². The molecule has 2 N–H and O–H groups in total. The molecular formula is C28H25N5O4. The number of benzene rings is 3. The van der Waals surface area contributed by atoms with Crippen molar-refractivity contribution in [3.05, 3.63) is 84.3 Å². The second kappa shape index (κ2) is 9.98. The van der Waals surface area contributed by atoms with E-state index in [2.05, 4.69) is 15.3 Å². The van der Waals surface area contributed by atoms with E-state index in [4.69, 9.17) is 14.6 Å². The zero-order valence-electron chi connectivity index (χ0n) is 20.6. The molecule has 9 nitrogen and oxygen atoms in total. The highest BCUT2D eigenvalue weighted by Crippen LogP contribution is 2.39. The van der Waals surface area contributed by atoms with Crippen LogP contribution in [0, 0.1) is 6.92 Å². The summed E-state index contributed by atoms with van der Waals surface area (Å²) in [6.45, 7) is 4.31. The quantitative estimate of drug-likeness (QED) is 0.284. The third-order valence-corrected chi connectivity index (χ3v) is 5.92. The van der Waals surface area contributed by atoms with Gasteiger partial charge in [0.2, 0.25) is 0 Å². The zero-order chi connectivity index (χ0) is 25.9. The minimum absolute atomic E-state index is 0.0678. The first kappa shape index (κ1) is 23.8. The SMILES string of the molecule is CCOc1ccccc1-n1nc(C)c(-c2ccc3nccnc3c2)c1Nc1ccc(OC)cc1C(=O)O. The van der Waals surface area contributed by atoms with Gasteiger partial charge in [0.05, 0.1) is 41.7 Å². The number of ether oxygens (including phenoxy) is 2. The highest BCUT2D eigenvalue weighted by molar-refractivity contribution is 5.97. The van der Waals surface area contributed by atoms with Gasteiger partial charge in [-0.1, -0.05) is 18.2 Å². The van der Waals surface area contributed by atoms with Crippen LogP contribution in [0.25, 0.3) is 27.8 Å². The number of anilines is 2. The topological polar surface area (TPSA) is 111 Å². The molecule has 0 aliphatic heterocycles. The van der Waals surface area contributed by atoms with Crippen molar-refractivity contribution >= 4 is 28.5 Å². The van der Waals surface area contributed by atoms with E-state index in [1.807, 2.05) is 56.3 Å². The smallest absolute Gasteiger partial charge is 0.337 e. The number of nitrogens with zero attached hydrogens (tertiary/aromatic N) is 4. The number of hydrogen-bond acceptors (Lipinski definition) is 7. The molecule has 9 heteroatoms. The van der Waals surface area contributed by atoms with Crippen molar-refractivity contribution in [2.24, 2.45) is 0 Å². The van der Waals surface area contributed by atoms with Crippen molar-refractivity contribution in [2.45, 2.75) is 13.8 Å². The fourth-order valence-electron chi connectivity index (χ4n) is 4.25. The van der Waals surface area contributed by atoms with E-state index in [1.165, 1.54) is 13.2 Å².